The molecule has 0 spiro atoms. The first-order valence-electron chi connectivity index (χ1n) is 6.37. The van der Waals surface area contributed by atoms with Gasteiger partial charge in [0, 0.05) is 25.0 Å². The molecular weight excluding hydrogens is 245 g/mol. The third kappa shape index (κ3) is 3.05. The lowest BCUT2D eigenvalue weighted by Crippen LogP contribution is -2.08. The summed E-state index contributed by atoms with van der Waals surface area (Å²) >= 11 is 0. The Morgan fingerprint density at radius 3 is 3.00 bits per heavy atom. The number of imidazole rings is 1. The van der Waals surface area contributed by atoms with Gasteiger partial charge in [0.05, 0.1) is 12.8 Å². The molecule has 19 heavy (non-hydrogen) atoms. The lowest BCUT2D eigenvalue weighted by Gasteiger charge is -2.13. The minimum absolute atomic E-state index is 0.318. The Labute approximate surface area is 112 Å². The van der Waals surface area contributed by atoms with Gasteiger partial charge in [0.2, 0.25) is 5.95 Å². The molecule has 4 nitrogen and oxygen atoms in total. The summed E-state index contributed by atoms with van der Waals surface area (Å²) in [5, 5.41) is 3.26. The SMILES string of the molecule is CCCCNc1nccn1-c1ccc(F)cc1OC. The quantitative estimate of drug-likeness (QED) is 0.813. The van der Waals surface area contributed by atoms with Gasteiger partial charge in [-0.25, -0.2) is 9.37 Å². The van der Waals surface area contributed by atoms with Crippen molar-refractivity contribution in [3.63, 3.8) is 0 Å². The maximum Gasteiger partial charge on any atom is 0.207 e. The summed E-state index contributed by atoms with van der Waals surface area (Å²) in [5.74, 6) is 0.899. The average Bonchev–Trinajstić information content (AvgIpc) is 2.87. The topological polar surface area (TPSA) is 39.1 Å². The summed E-state index contributed by atoms with van der Waals surface area (Å²) < 4.78 is 20.3. The molecule has 0 aliphatic heterocycles. The second kappa shape index (κ2) is 6.22. The molecule has 0 aliphatic rings. The number of benzene rings is 1. The normalized spacial score (nSPS) is 10.5. The zero-order chi connectivity index (χ0) is 13.7. The summed E-state index contributed by atoms with van der Waals surface area (Å²) in [6.07, 6.45) is 5.72. The lowest BCUT2D eigenvalue weighted by molar-refractivity contribution is 0.409. The van der Waals surface area contributed by atoms with Gasteiger partial charge in [-0.05, 0) is 18.6 Å². The van der Waals surface area contributed by atoms with Crippen molar-refractivity contribution < 1.29 is 9.13 Å². The molecule has 5 heteroatoms. The molecule has 2 aromatic rings. The van der Waals surface area contributed by atoms with Crippen LogP contribution in [0.1, 0.15) is 19.8 Å². The second-order valence-corrected chi connectivity index (χ2v) is 4.22. The first kappa shape index (κ1) is 13.4. The Morgan fingerprint density at radius 2 is 2.26 bits per heavy atom. The molecule has 0 radical (unpaired) electrons. The van der Waals surface area contributed by atoms with Gasteiger partial charge in [0.25, 0.3) is 0 Å². The van der Waals surface area contributed by atoms with Crippen LogP contribution in [0.2, 0.25) is 0 Å². The monoisotopic (exact) mass is 263 g/mol. The Balaban J connectivity index is 2.29. The highest BCUT2D eigenvalue weighted by atomic mass is 19.1. The molecule has 1 N–H and O–H groups in total. The van der Waals surface area contributed by atoms with Crippen LogP contribution in [0.15, 0.2) is 30.6 Å². The summed E-state index contributed by atoms with van der Waals surface area (Å²) in [5.41, 5.74) is 0.764. The fourth-order valence-electron chi connectivity index (χ4n) is 1.86. The third-order valence-corrected chi connectivity index (χ3v) is 2.86. The van der Waals surface area contributed by atoms with Crippen molar-refractivity contribution >= 4 is 5.95 Å². The van der Waals surface area contributed by atoms with Crippen LogP contribution in [-0.4, -0.2) is 23.2 Å². The molecule has 0 bridgehead atoms. The number of methoxy groups -OCH3 is 1. The molecule has 1 aromatic heterocycles. The van der Waals surface area contributed by atoms with Crippen molar-refractivity contribution in [1.29, 1.82) is 0 Å². The zero-order valence-corrected chi connectivity index (χ0v) is 11.2. The number of anilines is 1. The molecule has 1 aromatic carbocycles. The minimum Gasteiger partial charge on any atom is -0.494 e. The van der Waals surface area contributed by atoms with Gasteiger partial charge in [-0.1, -0.05) is 13.3 Å². The smallest absolute Gasteiger partial charge is 0.207 e. The van der Waals surface area contributed by atoms with Gasteiger partial charge in [-0.3, -0.25) is 4.57 Å². The minimum atomic E-state index is -0.318. The van der Waals surface area contributed by atoms with E-state index in [1.807, 2.05) is 10.8 Å². The van der Waals surface area contributed by atoms with E-state index in [9.17, 15) is 4.39 Å². The average molecular weight is 263 g/mol. The van der Waals surface area contributed by atoms with E-state index in [4.69, 9.17) is 4.74 Å². The van der Waals surface area contributed by atoms with E-state index in [1.54, 1.807) is 12.3 Å². The maximum atomic E-state index is 13.2. The molecule has 2 rings (SSSR count). The van der Waals surface area contributed by atoms with Crippen LogP contribution in [0, 0.1) is 5.82 Å². The number of aromatic nitrogens is 2. The van der Waals surface area contributed by atoms with Crippen LogP contribution in [-0.2, 0) is 0 Å². The van der Waals surface area contributed by atoms with E-state index in [1.165, 1.54) is 19.2 Å². The van der Waals surface area contributed by atoms with E-state index < -0.39 is 0 Å². The van der Waals surface area contributed by atoms with Gasteiger partial charge >= 0.3 is 0 Å². The van der Waals surface area contributed by atoms with Crippen LogP contribution < -0.4 is 10.1 Å². The van der Waals surface area contributed by atoms with Gasteiger partial charge in [0.15, 0.2) is 0 Å². The van der Waals surface area contributed by atoms with Crippen LogP contribution in [0.4, 0.5) is 10.3 Å². The van der Waals surface area contributed by atoms with Gasteiger partial charge in [-0.2, -0.15) is 0 Å². The highest BCUT2D eigenvalue weighted by Gasteiger charge is 2.10. The van der Waals surface area contributed by atoms with Crippen LogP contribution in [0.5, 0.6) is 5.75 Å². The van der Waals surface area contributed by atoms with Crippen molar-refractivity contribution in [2.24, 2.45) is 0 Å². The molecule has 0 unspecified atom stereocenters. The summed E-state index contributed by atoms with van der Waals surface area (Å²) in [7, 11) is 1.53. The molecule has 0 atom stereocenters. The molecule has 1 heterocycles. The Bertz CT molecular complexity index is 539. The van der Waals surface area contributed by atoms with Crippen molar-refractivity contribution in [2.75, 3.05) is 19.0 Å². The number of nitrogens with one attached hydrogen (secondary N) is 1. The third-order valence-electron chi connectivity index (χ3n) is 2.86. The summed E-state index contributed by atoms with van der Waals surface area (Å²) in [6, 6.07) is 4.46. The molecule has 0 aliphatic carbocycles. The Hall–Kier alpha value is -2.04. The van der Waals surface area contributed by atoms with E-state index in [0.717, 1.165) is 31.0 Å². The zero-order valence-electron chi connectivity index (χ0n) is 11.2. The Morgan fingerprint density at radius 1 is 1.42 bits per heavy atom. The Kier molecular flexibility index (Phi) is 4.39. The number of hydrogen-bond donors (Lipinski definition) is 1. The second-order valence-electron chi connectivity index (χ2n) is 4.22. The molecular formula is C14H18FN3O. The van der Waals surface area contributed by atoms with Crippen LogP contribution in [0.25, 0.3) is 5.69 Å². The van der Waals surface area contributed by atoms with Gasteiger partial charge in [0.1, 0.15) is 11.6 Å². The van der Waals surface area contributed by atoms with Gasteiger partial charge in [-0.15, -0.1) is 0 Å². The maximum absolute atomic E-state index is 13.2. The predicted octanol–water partition coefficient (Wildman–Crippen LogP) is 3.23. The fourth-order valence-corrected chi connectivity index (χ4v) is 1.86. The van der Waals surface area contributed by atoms with Crippen molar-refractivity contribution in [3.8, 4) is 11.4 Å². The largest absolute Gasteiger partial charge is 0.494 e. The van der Waals surface area contributed by atoms with E-state index in [-0.39, 0.29) is 5.82 Å². The molecule has 0 saturated carbocycles. The van der Waals surface area contributed by atoms with Gasteiger partial charge < -0.3 is 10.1 Å². The van der Waals surface area contributed by atoms with Crippen molar-refractivity contribution in [1.82, 2.24) is 9.55 Å². The highest BCUT2D eigenvalue weighted by molar-refractivity contribution is 5.51. The van der Waals surface area contributed by atoms with E-state index in [2.05, 4.69) is 17.2 Å². The van der Waals surface area contributed by atoms with Crippen LogP contribution >= 0.6 is 0 Å². The highest BCUT2D eigenvalue weighted by Crippen LogP contribution is 2.26. The molecule has 0 amide bonds. The molecule has 0 saturated heterocycles. The van der Waals surface area contributed by atoms with Crippen molar-refractivity contribution in [2.45, 2.75) is 19.8 Å². The predicted molar refractivity (Wildman–Crippen MR) is 73.5 cm³/mol. The number of ether oxygens (including phenoxy) is 1. The number of unbranched alkanes of at least 4 members (excludes halogenated alkanes) is 1. The summed E-state index contributed by atoms with van der Waals surface area (Å²) in [6.45, 7) is 2.99. The van der Waals surface area contributed by atoms with E-state index >= 15 is 0 Å². The van der Waals surface area contributed by atoms with E-state index in [0.29, 0.717) is 5.75 Å². The number of hydrogen-bond acceptors (Lipinski definition) is 3. The number of halogens is 1. The van der Waals surface area contributed by atoms with Crippen molar-refractivity contribution in [3.05, 3.63) is 36.4 Å². The molecule has 102 valence electrons. The first-order valence-corrected chi connectivity index (χ1v) is 6.37. The number of rotatable bonds is 6. The number of nitrogens with zero attached hydrogens (tertiary/aromatic N) is 2. The van der Waals surface area contributed by atoms with Crippen LogP contribution in [0.3, 0.4) is 0 Å². The summed E-state index contributed by atoms with van der Waals surface area (Å²) in [4.78, 5) is 4.26. The fraction of sp³-hybridized carbons (Fsp3) is 0.357. The standard InChI is InChI=1S/C14H18FN3O/c1-3-4-7-16-14-17-8-9-18(14)12-6-5-11(15)10-13(12)19-2/h5-6,8-10H,3-4,7H2,1-2H3,(H,16,17). The first-order chi connectivity index (χ1) is 9.26. The molecule has 0 fully saturated rings. The lowest BCUT2D eigenvalue weighted by atomic mass is 10.3.